The number of rotatable bonds is 1. The maximum Gasteiger partial charge on any atom is 0.0394 e. The van der Waals surface area contributed by atoms with Crippen molar-refractivity contribution in [1.29, 1.82) is 0 Å². The molecule has 1 aromatic rings. The van der Waals surface area contributed by atoms with Gasteiger partial charge in [-0.15, -0.1) is 0 Å². The fourth-order valence-corrected chi connectivity index (χ4v) is 5.31. The van der Waals surface area contributed by atoms with Crippen LogP contribution >= 0.6 is 15.9 Å². The molecule has 2 rings (SSSR count). The molecule has 0 bridgehead atoms. The summed E-state index contributed by atoms with van der Waals surface area (Å²) in [7, 11) is 2.33. The summed E-state index contributed by atoms with van der Waals surface area (Å²) in [5.41, 5.74) is 0. The van der Waals surface area contributed by atoms with Gasteiger partial charge in [0.05, 0.1) is 0 Å². The van der Waals surface area contributed by atoms with Crippen LogP contribution in [0.25, 0.3) is 0 Å². The summed E-state index contributed by atoms with van der Waals surface area (Å²) >= 11 is 0. The first-order valence-corrected chi connectivity index (χ1v) is 10.0. The Morgan fingerprint density at radius 2 is 1.41 bits per heavy atom. The largest absolute Gasteiger partial charge is 0.244 e. The molecule has 0 N–H and O–H groups in total. The van der Waals surface area contributed by atoms with Gasteiger partial charge in [-0.1, -0.05) is 57.8 Å². The maximum atomic E-state index is 4.42. The first-order valence-electron chi connectivity index (χ1n) is 7.32. The van der Waals surface area contributed by atoms with Crippen LogP contribution in [0.15, 0.2) is 6.20 Å². The number of hydrogen-bond donors (Lipinski definition) is 0. The van der Waals surface area contributed by atoms with Gasteiger partial charge < -0.3 is 0 Å². The molecular weight excluding hydrogens is 244 g/mol. The lowest BCUT2D eigenvalue weighted by Gasteiger charge is -2.16. The first-order chi connectivity index (χ1) is 8.47. The molecule has 1 nitrogen and oxygen atoms in total. The molecule has 0 radical (unpaired) electrons. The van der Waals surface area contributed by atoms with Gasteiger partial charge in [-0.25, -0.2) is 4.75 Å². The molecule has 1 fully saturated rings. The van der Waals surface area contributed by atoms with E-state index >= 15 is 0 Å². The van der Waals surface area contributed by atoms with Gasteiger partial charge in [0, 0.05) is 11.5 Å². The van der Waals surface area contributed by atoms with E-state index in [9.17, 15) is 0 Å². The van der Waals surface area contributed by atoms with Crippen LogP contribution < -0.4 is 0 Å². The average Bonchev–Trinajstić information content (AvgIpc) is 2.83. The summed E-state index contributed by atoms with van der Waals surface area (Å²) in [4.78, 5) is 0. The SMILES string of the molecule is c1n[pH]pc1C1CCCCCCCCCCC1. The zero-order chi connectivity index (χ0) is 11.8. The minimum absolute atomic E-state index is 0.808. The smallest absolute Gasteiger partial charge is 0.0394 e. The van der Waals surface area contributed by atoms with Gasteiger partial charge in [0.15, 0.2) is 0 Å². The van der Waals surface area contributed by atoms with E-state index in [0.717, 1.165) is 13.9 Å². The summed E-state index contributed by atoms with van der Waals surface area (Å²) in [5, 5.41) is 1.65. The highest BCUT2D eigenvalue weighted by atomic mass is 31.8. The Bertz CT molecular complexity index is 272. The Kier molecular flexibility index (Phi) is 6.61. The standard InChI is InChI=1S/C14H25NP2/c1-2-4-6-8-10-13(11-9-7-5-3-1)14-12-15-17-16-14/h12-13,17H,1-11H2. The Hall–Kier alpha value is 0.140. The van der Waals surface area contributed by atoms with Crippen molar-refractivity contribution < 1.29 is 0 Å². The van der Waals surface area contributed by atoms with Crippen molar-refractivity contribution in [3.8, 4) is 0 Å². The average molecular weight is 269 g/mol. The van der Waals surface area contributed by atoms with Crippen molar-refractivity contribution in [2.24, 2.45) is 0 Å². The van der Waals surface area contributed by atoms with E-state index in [4.69, 9.17) is 0 Å². The normalized spacial score (nSPS) is 22.6. The minimum atomic E-state index is 0.808. The molecule has 0 aliphatic heterocycles. The summed E-state index contributed by atoms with van der Waals surface area (Å²) in [5.74, 6) is 0.870. The van der Waals surface area contributed by atoms with Crippen LogP contribution in [0.3, 0.4) is 0 Å². The third-order valence-corrected chi connectivity index (χ3v) is 6.46. The van der Waals surface area contributed by atoms with E-state index in [0.29, 0.717) is 0 Å². The van der Waals surface area contributed by atoms with E-state index in [1.807, 2.05) is 0 Å². The quantitative estimate of drug-likeness (QED) is 0.602. The summed E-state index contributed by atoms with van der Waals surface area (Å²) < 4.78 is 4.42. The van der Waals surface area contributed by atoms with Crippen LogP contribution in [0.5, 0.6) is 0 Å². The molecule has 0 amide bonds. The predicted molar refractivity (Wildman–Crippen MR) is 79.8 cm³/mol. The summed E-state index contributed by atoms with van der Waals surface area (Å²) in [6, 6.07) is 0. The van der Waals surface area contributed by atoms with Crippen LogP contribution in [0.2, 0.25) is 0 Å². The van der Waals surface area contributed by atoms with Crippen molar-refractivity contribution in [3.63, 3.8) is 0 Å². The van der Waals surface area contributed by atoms with Crippen molar-refractivity contribution in [2.75, 3.05) is 0 Å². The summed E-state index contributed by atoms with van der Waals surface area (Å²) in [6.07, 6.45) is 18.2. The second-order valence-electron chi connectivity index (χ2n) is 5.35. The van der Waals surface area contributed by atoms with E-state index < -0.39 is 0 Å². The van der Waals surface area contributed by atoms with E-state index in [1.54, 1.807) is 5.30 Å². The van der Waals surface area contributed by atoms with Crippen LogP contribution in [0, 0.1) is 0 Å². The molecule has 1 saturated carbocycles. The highest BCUT2D eigenvalue weighted by Crippen LogP contribution is 2.37. The van der Waals surface area contributed by atoms with Gasteiger partial charge in [-0.3, -0.25) is 0 Å². The van der Waals surface area contributed by atoms with E-state index in [2.05, 4.69) is 10.9 Å². The van der Waals surface area contributed by atoms with Gasteiger partial charge in [-0.05, 0) is 34.7 Å². The van der Waals surface area contributed by atoms with Gasteiger partial charge in [0.2, 0.25) is 0 Å². The van der Waals surface area contributed by atoms with Crippen molar-refractivity contribution in [1.82, 2.24) is 4.75 Å². The van der Waals surface area contributed by atoms with Gasteiger partial charge in [-0.2, -0.15) is 0 Å². The Balaban J connectivity index is 1.84. The topological polar surface area (TPSA) is 12.9 Å². The number of hydrogen-bond acceptors (Lipinski definition) is 1. The summed E-state index contributed by atoms with van der Waals surface area (Å²) in [6.45, 7) is 0. The number of nitrogens with zero attached hydrogens (tertiary/aromatic N) is 1. The van der Waals surface area contributed by atoms with Crippen molar-refractivity contribution in [3.05, 3.63) is 11.5 Å². The third-order valence-electron chi connectivity index (χ3n) is 3.96. The molecule has 0 aromatic carbocycles. The van der Waals surface area contributed by atoms with E-state index in [1.165, 1.54) is 78.5 Å². The Labute approximate surface area is 109 Å². The molecule has 1 unspecified atom stereocenters. The van der Waals surface area contributed by atoms with Crippen LogP contribution in [-0.4, -0.2) is 4.75 Å². The highest BCUT2D eigenvalue weighted by Gasteiger charge is 2.12. The molecule has 1 atom stereocenters. The molecule has 1 aromatic heterocycles. The molecule has 3 heteroatoms. The Morgan fingerprint density at radius 1 is 0.882 bits per heavy atom. The third kappa shape index (κ3) is 5.11. The maximum absolute atomic E-state index is 4.42. The molecule has 1 aliphatic rings. The van der Waals surface area contributed by atoms with Gasteiger partial charge in [0.25, 0.3) is 0 Å². The van der Waals surface area contributed by atoms with Gasteiger partial charge >= 0.3 is 0 Å². The fraction of sp³-hybridized carbons (Fsp3) is 0.857. The lowest BCUT2D eigenvalue weighted by molar-refractivity contribution is 0.470. The number of aromatic nitrogens is 1. The first kappa shape index (κ1) is 13.6. The van der Waals surface area contributed by atoms with Crippen molar-refractivity contribution >= 4 is 15.9 Å². The highest BCUT2D eigenvalue weighted by molar-refractivity contribution is 7.89. The lowest BCUT2D eigenvalue weighted by Crippen LogP contribution is -1.98. The molecule has 1 heterocycles. The molecule has 1 aliphatic carbocycles. The van der Waals surface area contributed by atoms with Crippen molar-refractivity contribution in [2.45, 2.75) is 76.5 Å². The molecule has 96 valence electrons. The second-order valence-corrected chi connectivity index (χ2v) is 7.82. The van der Waals surface area contributed by atoms with Crippen LogP contribution in [0.4, 0.5) is 0 Å². The molecule has 0 saturated heterocycles. The lowest BCUT2D eigenvalue weighted by atomic mass is 9.92. The predicted octanol–water partition coefficient (Wildman–Crippen LogP) is 6.08. The minimum Gasteiger partial charge on any atom is -0.244 e. The molecule has 17 heavy (non-hydrogen) atoms. The monoisotopic (exact) mass is 269 g/mol. The zero-order valence-electron chi connectivity index (χ0n) is 10.8. The second kappa shape index (κ2) is 8.28. The van der Waals surface area contributed by atoms with Crippen LogP contribution in [0.1, 0.15) is 81.8 Å². The fourth-order valence-electron chi connectivity index (χ4n) is 2.87. The van der Waals surface area contributed by atoms with Gasteiger partial charge in [0.1, 0.15) is 0 Å². The van der Waals surface area contributed by atoms with E-state index in [-0.39, 0.29) is 0 Å². The molecular formula is C14H25NP2. The zero-order valence-corrected chi connectivity index (χ0v) is 12.7. The van der Waals surface area contributed by atoms with Crippen LogP contribution in [-0.2, 0) is 0 Å². The molecule has 0 spiro atoms. The Morgan fingerprint density at radius 3 is 1.88 bits per heavy atom.